The first kappa shape index (κ1) is 19.0. The van der Waals surface area contributed by atoms with Gasteiger partial charge in [-0.05, 0) is 47.3 Å². The van der Waals surface area contributed by atoms with Crippen LogP contribution in [0.3, 0.4) is 0 Å². The van der Waals surface area contributed by atoms with Crippen LogP contribution in [-0.2, 0) is 0 Å². The molecule has 0 radical (unpaired) electrons. The first-order chi connectivity index (χ1) is 9.88. The van der Waals surface area contributed by atoms with Gasteiger partial charge >= 0.3 is 0 Å². The van der Waals surface area contributed by atoms with E-state index in [1.54, 1.807) is 0 Å². The summed E-state index contributed by atoms with van der Waals surface area (Å²) < 4.78 is 0. The van der Waals surface area contributed by atoms with Crippen LogP contribution in [0.4, 0.5) is 0 Å². The highest BCUT2D eigenvalue weighted by Crippen LogP contribution is 2.53. The summed E-state index contributed by atoms with van der Waals surface area (Å²) in [6.45, 7) is 19.5. The van der Waals surface area contributed by atoms with E-state index >= 15 is 0 Å². The molecular weight excluding hydrogens is 252 g/mol. The molecule has 126 valence electrons. The van der Waals surface area contributed by atoms with Crippen molar-refractivity contribution < 1.29 is 0 Å². The van der Waals surface area contributed by atoms with Crippen LogP contribution >= 0.6 is 0 Å². The van der Waals surface area contributed by atoms with Gasteiger partial charge in [-0.3, -0.25) is 0 Å². The quantitative estimate of drug-likeness (QED) is 0.405. The van der Waals surface area contributed by atoms with Crippen molar-refractivity contribution in [1.29, 1.82) is 0 Å². The molecule has 21 heavy (non-hydrogen) atoms. The molecule has 7 atom stereocenters. The molecule has 0 spiro atoms. The third kappa shape index (κ3) is 4.73. The van der Waals surface area contributed by atoms with Crippen LogP contribution in [0.5, 0.6) is 0 Å². The molecule has 0 aromatic rings. The summed E-state index contributed by atoms with van der Waals surface area (Å²) in [7, 11) is 0. The average Bonchev–Trinajstić information content (AvgIpc) is 3.11. The van der Waals surface area contributed by atoms with Crippen molar-refractivity contribution in [3.05, 3.63) is 0 Å². The molecule has 0 heterocycles. The predicted molar refractivity (Wildman–Crippen MR) is 96.4 cm³/mol. The van der Waals surface area contributed by atoms with E-state index in [2.05, 4.69) is 55.4 Å². The molecule has 0 saturated heterocycles. The van der Waals surface area contributed by atoms with Gasteiger partial charge in [0.05, 0.1) is 0 Å². The standard InChI is InChI=1S/C21H42/c1-9-18(14(4)5)19(10-2)15(6)12-13-16(7)21-17(8)20(21)11-3/h14-21H,9-13H2,1-8H3. The maximum Gasteiger partial charge on any atom is -0.0329 e. The normalized spacial score (nSPS) is 31.0. The summed E-state index contributed by atoms with van der Waals surface area (Å²) in [6, 6.07) is 0. The number of hydrogen-bond donors (Lipinski definition) is 0. The Labute approximate surface area is 135 Å². The number of hydrogen-bond acceptors (Lipinski definition) is 0. The van der Waals surface area contributed by atoms with Crippen molar-refractivity contribution in [3.8, 4) is 0 Å². The first-order valence-corrected chi connectivity index (χ1v) is 9.88. The molecule has 7 unspecified atom stereocenters. The highest BCUT2D eigenvalue weighted by Gasteiger charge is 2.47. The summed E-state index contributed by atoms with van der Waals surface area (Å²) in [5, 5.41) is 0. The van der Waals surface area contributed by atoms with E-state index in [1.807, 2.05) is 0 Å². The lowest BCUT2D eigenvalue weighted by Crippen LogP contribution is -2.25. The minimum atomic E-state index is 0.841. The van der Waals surface area contributed by atoms with E-state index in [4.69, 9.17) is 0 Å². The zero-order valence-corrected chi connectivity index (χ0v) is 16.2. The van der Waals surface area contributed by atoms with Crippen molar-refractivity contribution in [3.63, 3.8) is 0 Å². The molecule has 0 N–H and O–H groups in total. The lowest BCUT2D eigenvalue weighted by atomic mass is 9.72. The molecule has 1 saturated carbocycles. The van der Waals surface area contributed by atoms with Crippen molar-refractivity contribution >= 4 is 0 Å². The second-order valence-electron chi connectivity index (χ2n) is 8.43. The molecule has 0 aromatic carbocycles. The summed E-state index contributed by atoms with van der Waals surface area (Å²) in [5.41, 5.74) is 0. The fourth-order valence-electron chi connectivity index (χ4n) is 5.49. The van der Waals surface area contributed by atoms with Crippen molar-refractivity contribution in [1.82, 2.24) is 0 Å². The molecule has 1 fully saturated rings. The number of rotatable bonds is 10. The average molecular weight is 295 g/mol. The smallest absolute Gasteiger partial charge is 0.0329 e. The van der Waals surface area contributed by atoms with E-state index in [9.17, 15) is 0 Å². The predicted octanol–water partition coefficient (Wildman–Crippen LogP) is 7.04. The van der Waals surface area contributed by atoms with Crippen LogP contribution in [0.1, 0.15) is 87.5 Å². The summed E-state index contributed by atoms with van der Waals surface area (Å²) in [5.74, 6) is 7.62. The van der Waals surface area contributed by atoms with Gasteiger partial charge in [-0.15, -0.1) is 0 Å². The molecule has 0 heteroatoms. The third-order valence-corrected chi connectivity index (χ3v) is 6.92. The van der Waals surface area contributed by atoms with Crippen LogP contribution in [0, 0.1) is 47.3 Å². The van der Waals surface area contributed by atoms with Crippen LogP contribution in [0.2, 0.25) is 0 Å². The highest BCUT2D eigenvalue weighted by atomic mass is 14.5. The molecule has 1 aliphatic carbocycles. The highest BCUT2D eigenvalue weighted by molar-refractivity contribution is 4.95. The minimum Gasteiger partial charge on any atom is -0.0651 e. The van der Waals surface area contributed by atoms with Crippen molar-refractivity contribution in [2.75, 3.05) is 0 Å². The van der Waals surface area contributed by atoms with E-state index in [1.165, 1.54) is 32.1 Å². The second-order valence-corrected chi connectivity index (χ2v) is 8.43. The van der Waals surface area contributed by atoms with Gasteiger partial charge in [0, 0.05) is 0 Å². The monoisotopic (exact) mass is 294 g/mol. The molecule has 1 aliphatic rings. The lowest BCUT2D eigenvalue weighted by Gasteiger charge is -2.34. The third-order valence-electron chi connectivity index (χ3n) is 6.92. The van der Waals surface area contributed by atoms with Crippen molar-refractivity contribution in [2.24, 2.45) is 47.3 Å². The van der Waals surface area contributed by atoms with Crippen molar-refractivity contribution in [2.45, 2.75) is 87.5 Å². The zero-order valence-electron chi connectivity index (χ0n) is 16.2. The zero-order chi connectivity index (χ0) is 16.2. The fourth-order valence-corrected chi connectivity index (χ4v) is 5.49. The Bertz CT molecular complexity index is 280. The van der Waals surface area contributed by atoms with E-state index in [-0.39, 0.29) is 0 Å². The van der Waals surface area contributed by atoms with Crippen LogP contribution in [-0.4, -0.2) is 0 Å². The van der Waals surface area contributed by atoms with Crippen LogP contribution in [0.15, 0.2) is 0 Å². The van der Waals surface area contributed by atoms with Gasteiger partial charge in [-0.2, -0.15) is 0 Å². The SMILES string of the molecule is CCC(C(C)C)C(CC)C(C)CCC(C)C1C(C)C1CC. The van der Waals surface area contributed by atoms with Crippen LogP contribution < -0.4 is 0 Å². The Kier molecular flexibility index (Phi) is 7.79. The van der Waals surface area contributed by atoms with E-state index in [0.29, 0.717) is 0 Å². The maximum absolute atomic E-state index is 2.53. The molecule has 0 amide bonds. The lowest BCUT2D eigenvalue weighted by molar-refractivity contribution is 0.161. The summed E-state index contributed by atoms with van der Waals surface area (Å²) >= 11 is 0. The Morgan fingerprint density at radius 2 is 1.38 bits per heavy atom. The summed E-state index contributed by atoms with van der Waals surface area (Å²) in [4.78, 5) is 0. The molecule has 0 aliphatic heterocycles. The Hall–Kier alpha value is 0. The molecule has 0 bridgehead atoms. The second kappa shape index (κ2) is 8.59. The minimum absolute atomic E-state index is 0.841. The topological polar surface area (TPSA) is 0 Å². The van der Waals surface area contributed by atoms with Gasteiger partial charge in [0.15, 0.2) is 0 Å². The van der Waals surface area contributed by atoms with Gasteiger partial charge in [0.1, 0.15) is 0 Å². The largest absolute Gasteiger partial charge is 0.0651 e. The van der Waals surface area contributed by atoms with Gasteiger partial charge in [0.2, 0.25) is 0 Å². The Balaban J connectivity index is 2.46. The van der Waals surface area contributed by atoms with Gasteiger partial charge < -0.3 is 0 Å². The molecular formula is C21H42. The van der Waals surface area contributed by atoms with E-state index in [0.717, 1.165) is 47.3 Å². The Morgan fingerprint density at radius 1 is 0.810 bits per heavy atom. The first-order valence-electron chi connectivity index (χ1n) is 9.88. The molecule has 1 rings (SSSR count). The van der Waals surface area contributed by atoms with Gasteiger partial charge in [-0.25, -0.2) is 0 Å². The Morgan fingerprint density at radius 3 is 1.76 bits per heavy atom. The van der Waals surface area contributed by atoms with Gasteiger partial charge in [-0.1, -0.05) is 87.5 Å². The van der Waals surface area contributed by atoms with Crippen LogP contribution in [0.25, 0.3) is 0 Å². The van der Waals surface area contributed by atoms with Gasteiger partial charge in [0.25, 0.3) is 0 Å². The maximum atomic E-state index is 2.53. The van der Waals surface area contributed by atoms with E-state index < -0.39 is 0 Å². The fraction of sp³-hybridized carbons (Fsp3) is 1.00. The molecule has 0 aromatic heterocycles. The summed E-state index contributed by atoms with van der Waals surface area (Å²) in [6.07, 6.45) is 7.02. The molecule has 0 nitrogen and oxygen atoms in total.